The third-order valence-electron chi connectivity index (χ3n) is 6.53. The number of aryl methyl sites for hydroxylation is 2. The molecular formula is C28H27F3O2. The molecule has 0 atom stereocenters. The third-order valence-corrected chi connectivity index (χ3v) is 6.53. The Balaban J connectivity index is 1.41. The Bertz CT molecular complexity index is 1150. The Kier molecular flexibility index (Phi) is 6.87. The molecule has 0 unspecified atom stereocenters. The number of rotatable bonds is 5. The van der Waals surface area contributed by atoms with E-state index in [1.54, 1.807) is 18.2 Å². The molecule has 0 aromatic heterocycles. The molecule has 0 amide bonds. The lowest BCUT2D eigenvalue weighted by Gasteiger charge is -2.29. The molecule has 0 radical (unpaired) electrons. The molecule has 3 aromatic rings. The predicted octanol–water partition coefficient (Wildman–Crippen LogP) is 7.52. The smallest absolute Gasteiger partial charge is 0.341 e. The van der Waals surface area contributed by atoms with Crippen molar-refractivity contribution >= 4 is 5.97 Å². The average molecular weight is 453 g/mol. The van der Waals surface area contributed by atoms with Crippen LogP contribution >= 0.6 is 0 Å². The Labute approximate surface area is 192 Å². The van der Waals surface area contributed by atoms with Crippen LogP contribution in [0.25, 0.3) is 11.1 Å². The second-order valence-corrected chi connectivity index (χ2v) is 8.74. The molecule has 0 heterocycles. The maximum absolute atomic E-state index is 14.7. The second kappa shape index (κ2) is 9.82. The van der Waals surface area contributed by atoms with Crippen LogP contribution in [0.3, 0.4) is 0 Å². The summed E-state index contributed by atoms with van der Waals surface area (Å²) in [6, 6.07) is 15.1. The number of benzene rings is 3. The summed E-state index contributed by atoms with van der Waals surface area (Å²) in [5.41, 5.74) is 2.88. The summed E-state index contributed by atoms with van der Waals surface area (Å²) < 4.78 is 49.3. The van der Waals surface area contributed by atoms with Crippen LogP contribution in [0.2, 0.25) is 0 Å². The SMILES string of the molecule is CCc1ccc(C2CCC(OC(=O)c3ccc(-c4ccc(C)cc4)c(F)c3F)CC2)c(F)c1. The van der Waals surface area contributed by atoms with Crippen molar-refractivity contribution in [3.63, 3.8) is 0 Å². The molecule has 1 saturated carbocycles. The molecule has 33 heavy (non-hydrogen) atoms. The third kappa shape index (κ3) is 4.97. The molecule has 1 aliphatic rings. The van der Waals surface area contributed by atoms with Gasteiger partial charge in [0.25, 0.3) is 0 Å². The molecule has 172 valence electrons. The van der Waals surface area contributed by atoms with E-state index in [0.29, 0.717) is 36.8 Å². The van der Waals surface area contributed by atoms with Crippen molar-refractivity contribution in [1.29, 1.82) is 0 Å². The number of halogens is 3. The highest BCUT2D eigenvalue weighted by molar-refractivity contribution is 5.90. The van der Waals surface area contributed by atoms with E-state index in [4.69, 9.17) is 4.74 Å². The van der Waals surface area contributed by atoms with Gasteiger partial charge >= 0.3 is 5.97 Å². The maximum atomic E-state index is 14.7. The Morgan fingerprint density at radius 1 is 0.909 bits per heavy atom. The minimum atomic E-state index is -1.20. The largest absolute Gasteiger partial charge is 0.459 e. The molecule has 0 bridgehead atoms. The van der Waals surface area contributed by atoms with Gasteiger partial charge < -0.3 is 4.74 Å². The van der Waals surface area contributed by atoms with Crippen LogP contribution < -0.4 is 0 Å². The number of carbonyl (C=O) groups is 1. The Morgan fingerprint density at radius 2 is 1.61 bits per heavy atom. The number of ether oxygens (including phenoxy) is 1. The van der Waals surface area contributed by atoms with Gasteiger partial charge in [0, 0.05) is 5.56 Å². The lowest BCUT2D eigenvalue weighted by atomic mass is 9.82. The second-order valence-electron chi connectivity index (χ2n) is 8.74. The van der Waals surface area contributed by atoms with E-state index in [9.17, 15) is 18.0 Å². The first kappa shape index (κ1) is 23.1. The molecule has 1 fully saturated rings. The minimum Gasteiger partial charge on any atom is -0.459 e. The fourth-order valence-corrected chi connectivity index (χ4v) is 4.49. The molecule has 0 spiro atoms. The van der Waals surface area contributed by atoms with Gasteiger partial charge in [0.2, 0.25) is 0 Å². The molecule has 4 rings (SSSR count). The van der Waals surface area contributed by atoms with Gasteiger partial charge in [0.1, 0.15) is 11.9 Å². The Morgan fingerprint density at radius 3 is 2.24 bits per heavy atom. The number of carbonyl (C=O) groups excluding carboxylic acids is 1. The lowest BCUT2D eigenvalue weighted by molar-refractivity contribution is 0.0188. The van der Waals surface area contributed by atoms with Gasteiger partial charge in [-0.05, 0) is 73.8 Å². The van der Waals surface area contributed by atoms with E-state index in [1.807, 2.05) is 38.1 Å². The summed E-state index contributed by atoms with van der Waals surface area (Å²) >= 11 is 0. The van der Waals surface area contributed by atoms with E-state index in [-0.39, 0.29) is 17.3 Å². The van der Waals surface area contributed by atoms with Crippen molar-refractivity contribution in [2.45, 2.75) is 58.0 Å². The van der Waals surface area contributed by atoms with E-state index in [2.05, 4.69) is 0 Å². The van der Waals surface area contributed by atoms with Crippen molar-refractivity contribution in [2.75, 3.05) is 0 Å². The number of esters is 1. The topological polar surface area (TPSA) is 26.3 Å². The molecule has 3 aromatic carbocycles. The molecule has 2 nitrogen and oxygen atoms in total. The number of hydrogen-bond donors (Lipinski definition) is 0. The zero-order chi connectivity index (χ0) is 23.5. The van der Waals surface area contributed by atoms with Crippen molar-refractivity contribution < 1.29 is 22.7 Å². The summed E-state index contributed by atoms with van der Waals surface area (Å²) in [4.78, 5) is 12.6. The molecule has 0 aliphatic heterocycles. The van der Waals surface area contributed by atoms with E-state index < -0.39 is 29.3 Å². The summed E-state index contributed by atoms with van der Waals surface area (Å²) in [5.74, 6) is -3.27. The summed E-state index contributed by atoms with van der Waals surface area (Å²) in [5, 5.41) is 0. The first-order valence-corrected chi connectivity index (χ1v) is 11.4. The van der Waals surface area contributed by atoms with E-state index in [0.717, 1.165) is 17.5 Å². The normalized spacial score (nSPS) is 18.2. The summed E-state index contributed by atoms with van der Waals surface area (Å²) in [6.45, 7) is 3.89. The van der Waals surface area contributed by atoms with Crippen LogP contribution in [0.4, 0.5) is 13.2 Å². The van der Waals surface area contributed by atoms with Gasteiger partial charge in [-0.25, -0.2) is 18.0 Å². The van der Waals surface area contributed by atoms with Crippen LogP contribution in [0, 0.1) is 24.4 Å². The van der Waals surface area contributed by atoms with Crippen LogP contribution in [-0.2, 0) is 11.2 Å². The first-order chi connectivity index (χ1) is 15.9. The van der Waals surface area contributed by atoms with Crippen molar-refractivity contribution in [1.82, 2.24) is 0 Å². The van der Waals surface area contributed by atoms with Crippen LogP contribution in [-0.4, -0.2) is 12.1 Å². The zero-order valence-corrected chi connectivity index (χ0v) is 18.8. The molecule has 0 saturated heterocycles. The number of hydrogen-bond acceptors (Lipinski definition) is 2. The van der Waals surface area contributed by atoms with Gasteiger partial charge in [-0.15, -0.1) is 0 Å². The molecule has 0 N–H and O–H groups in total. The standard InChI is InChI=1S/C28H27F3O2/c1-3-18-6-13-22(25(29)16-18)19-9-11-21(12-10-19)33-28(32)24-15-14-23(26(30)27(24)31)20-7-4-17(2)5-8-20/h4-8,13-16,19,21H,3,9-12H2,1-2H3. The molecule has 1 aliphatic carbocycles. The average Bonchev–Trinajstić information content (AvgIpc) is 2.82. The lowest BCUT2D eigenvalue weighted by Crippen LogP contribution is -2.25. The minimum absolute atomic E-state index is 0.0637. The summed E-state index contributed by atoms with van der Waals surface area (Å²) in [6.07, 6.45) is 2.83. The van der Waals surface area contributed by atoms with Gasteiger partial charge in [-0.2, -0.15) is 0 Å². The fraction of sp³-hybridized carbons (Fsp3) is 0.321. The summed E-state index contributed by atoms with van der Waals surface area (Å²) in [7, 11) is 0. The highest BCUT2D eigenvalue weighted by Gasteiger charge is 2.28. The Hall–Kier alpha value is -3.08. The van der Waals surface area contributed by atoms with Gasteiger partial charge in [-0.1, -0.05) is 55.0 Å². The first-order valence-electron chi connectivity index (χ1n) is 11.4. The van der Waals surface area contributed by atoms with E-state index >= 15 is 0 Å². The van der Waals surface area contributed by atoms with Crippen molar-refractivity contribution in [2.24, 2.45) is 0 Å². The quantitative estimate of drug-likeness (QED) is 0.374. The van der Waals surface area contributed by atoms with Crippen LogP contribution in [0.15, 0.2) is 54.6 Å². The molecule has 5 heteroatoms. The van der Waals surface area contributed by atoms with Crippen molar-refractivity contribution in [3.05, 3.63) is 94.3 Å². The maximum Gasteiger partial charge on any atom is 0.341 e. The van der Waals surface area contributed by atoms with Gasteiger partial charge in [-0.3, -0.25) is 0 Å². The predicted molar refractivity (Wildman–Crippen MR) is 123 cm³/mol. The zero-order valence-electron chi connectivity index (χ0n) is 18.8. The van der Waals surface area contributed by atoms with Gasteiger partial charge in [0.05, 0.1) is 5.56 Å². The van der Waals surface area contributed by atoms with Crippen LogP contribution in [0.5, 0.6) is 0 Å². The highest BCUT2D eigenvalue weighted by Crippen LogP contribution is 2.36. The van der Waals surface area contributed by atoms with Crippen LogP contribution in [0.1, 0.15) is 65.6 Å². The van der Waals surface area contributed by atoms with Crippen molar-refractivity contribution in [3.8, 4) is 11.1 Å². The highest BCUT2D eigenvalue weighted by atomic mass is 19.2. The van der Waals surface area contributed by atoms with Gasteiger partial charge in [0.15, 0.2) is 11.6 Å². The molecular weight excluding hydrogens is 425 g/mol. The monoisotopic (exact) mass is 452 g/mol. The van der Waals surface area contributed by atoms with E-state index in [1.165, 1.54) is 12.1 Å². The fourth-order valence-electron chi connectivity index (χ4n) is 4.49.